The molecule has 1 atom stereocenters. The Balaban J connectivity index is 0.000000605. The van der Waals surface area contributed by atoms with Crippen LogP contribution in [0.1, 0.15) is 12.8 Å². The van der Waals surface area contributed by atoms with Gasteiger partial charge in [-0.05, 0) is 19.4 Å². The Labute approximate surface area is 72.8 Å². The van der Waals surface area contributed by atoms with Crippen LogP contribution >= 0.6 is 12.4 Å². The fourth-order valence-corrected chi connectivity index (χ4v) is 1.55. The Hall–Kier alpha value is 0.170. The van der Waals surface area contributed by atoms with Crippen LogP contribution in [0.4, 0.5) is 0 Å². The summed E-state index contributed by atoms with van der Waals surface area (Å²) in [5.74, 6) is 0. The molecule has 0 aromatic heterocycles. The third kappa shape index (κ3) is 2.06. The van der Waals surface area contributed by atoms with Gasteiger partial charge in [0.1, 0.15) is 0 Å². The molecular formula is C7H14ClNO2. The minimum atomic E-state index is 0. The van der Waals surface area contributed by atoms with Crippen molar-refractivity contribution in [3.8, 4) is 0 Å². The molecular weight excluding hydrogens is 166 g/mol. The molecule has 0 aromatic rings. The molecule has 1 unspecified atom stereocenters. The second-order valence-corrected chi connectivity index (χ2v) is 2.81. The standard InChI is InChI=1S/C7H13NO2.ClH/c1-2-6(8-3-1)7-9-4-5-10-7;/h6-8H,1-5H2;1H. The molecule has 1 N–H and O–H groups in total. The average Bonchev–Trinajstić information content (AvgIpc) is 2.59. The van der Waals surface area contributed by atoms with Gasteiger partial charge in [-0.15, -0.1) is 12.4 Å². The van der Waals surface area contributed by atoms with E-state index in [1.54, 1.807) is 0 Å². The maximum atomic E-state index is 5.35. The summed E-state index contributed by atoms with van der Waals surface area (Å²) in [7, 11) is 0. The van der Waals surface area contributed by atoms with Crippen molar-refractivity contribution in [2.75, 3.05) is 19.8 Å². The molecule has 0 amide bonds. The van der Waals surface area contributed by atoms with Gasteiger partial charge in [0, 0.05) is 0 Å². The van der Waals surface area contributed by atoms with E-state index in [2.05, 4.69) is 5.32 Å². The van der Waals surface area contributed by atoms with Crippen LogP contribution in [-0.2, 0) is 9.47 Å². The van der Waals surface area contributed by atoms with E-state index < -0.39 is 0 Å². The molecule has 11 heavy (non-hydrogen) atoms. The third-order valence-corrected chi connectivity index (χ3v) is 2.07. The van der Waals surface area contributed by atoms with Crippen molar-refractivity contribution in [1.82, 2.24) is 5.32 Å². The molecule has 2 heterocycles. The first-order valence-corrected chi connectivity index (χ1v) is 3.93. The summed E-state index contributed by atoms with van der Waals surface area (Å²) in [6.45, 7) is 2.65. The molecule has 3 nitrogen and oxygen atoms in total. The smallest absolute Gasteiger partial charge is 0.172 e. The highest BCUT2D eigenvalue weighted by atomic mass is 35.5. The van der Waals surface area contributed by atoms with Crippen molar-refractivity contribution >= 4 is 12.4 Å². The Morgan fingerprint density at radius 3 is 2.45 bits per heavy atom. The van der Waals surface area contributed by atoms with Crippen LogP contribution in [-0.4, -0.2) is 32.1 Å². The van der Waals surface area contributed by atoms with Crippen LogP contribution in [0.3, 0.4) is 0 Å². The number of halogens is 1. The van der Waals surface area contributed by atoms with E-state index in [1.165, 1.54) is 12.8 Å². The van der Waals surface area contributed by atoms with Crippen molar-refractivity contribution in [2.24, 2.45) is 0 Å². The Kier molecular flexibility index (Phi) is 3.59. The van der Waals surface area contributed by atoms with Crippen LogP contribution < -0.4 is 5.32 Å². The van der Waals surface area contributed by atoms with E-state index in [1.807, 2.05) is 0 Å². The predicted octanol–water partition coefficient (Wildman–Crippen LogP) is 0.533. The quantitative estimate of drug-likeness (QED) is 0.637. The molecule has 66 valence electrons. The summed E-state index contributed by atoms with van der Waals surface area (Å²) in [4.78, 5) is 0. The highest BCUT2D eigenvalue weighted by Gasteiger charge is 2.28. The molecule has 2 saturated heterocycles. The number of rotatable bonds is 1. The lowest BCUT2D eigenvalue weighted by atomic mass is 10.2. The summed E-state index contributed by atoms with van der Waals surface area (Å²) < 4.78 is 10.7. The van der Waals surface area contributed by atoms with Gasteiger partial charge in [-0.25, -0.2) is 0 Å². The number of hydrogen-bond donors (Lipinski definition) is 1. The summed E-state index contributed by atoms with van der Waals surface area (Å²) >= 11 is 0. The fourth-order valence-electron chi connectivity index (χ4n) is 1.55. The zero-order valence-electron chi connectivity index (χ0n) is 6.41. The van der Waals surface area contributed by atoms with Gasteiger partial charge < -0.3 is 14.8 Å². The van der Waals surface area contributed by atoms with Crippen molar-refractivity contribution in [2.45, 2.75) is 25.2 Å². The second kappa shape index (κ2) is 4.26. The van der Waals surface area contributed by atoms with Gasteiger partial charge in [0.2, 0.25) is 0 Å². The van der Waals surface area contributed by atoms with Gasteiger partial charge in [0.15, 0.2) is 6.29 Å². The molecule has 0 bridgehead atoms. The van der Waals surface area contributed by atoms with Crippen LogP contribution in [0.25, 0.3) is 0 Å². The molecule has 2 aliphatic heterocycles. The maximum Gasteiger partial charge on any atom is 0.172 e. The number of ether oxygens (including phenoxy) is 2. The van der Waals surface area contributed by atoms with E-state index >= 15 is 0 Å². The summed E-state index contributed by atoms with van der Waals surface area (Å²) in [6, 6.07) is 0.461. The van der Waals surface area contributed by atoms with Crippen molar-refractivity contribution < 1.29 is 9.47 Å². The van der Waals surface area contributed by atoms with E-state index in [-0.39, 0.29) is 18.7 Å². The lowest BCUT2D eigenvalue weighted by Gasteiger charge is -2.16. The number of hydrogen-bond acceptors (Lipinski definition) is 3. The van der Waals surface area contributed by atoms with Gasteiger partial charge in [0.25, 0.3) is 0 Å². The Bertz CT molecular complexity index is 97.0. The molecule has 0 radical (unpaired) electrons. The molecule has 2 aliphatic rings. The first kappa shape index (κ1) is 9.26. The van der Waals surface area contributed by atoms with E-state index in [0.29, 0.717) is 6.04 Å². The van der Waals surface area contributed by atoms with Crippen LogP contribution in [0.2, 0.25) is 0 Å². The van der Waals surface area contributed by atoms with Crippen LogP contribution in [0.5, 0.6) is 0 Å². The first-order valence-electron chi connectivity index (χ1n) is 3.93. The van der Waals surface area contributed by atoms with Gasteiger partial charge >= 0.3 is 0 Å². The van der Waals surface area contributed by atoms with Crippen LogP contribution in [0.15, 0.2) is 0 Å². The SMILES string of the molecule is C1CNC(C2OCCO2)C1.Cl. The van der Waals surface area contributed by atoms with E-state index in [4.69, 9.17) is 9.47 Å². The minimum Gasteiger partial charge on any atom is -0.349 e. The minimum absolute atomic E-state index is 0. The van der Waals surface area contributed by atoms with E-state index in [9.17, 15) is 0 Å². The van der Waals surface area contributed by atoms with Gasteiger partial charge in [-0.3, -0.25) is 0 Å². The molecule has 4 heteroatoms. The molecule has 0 spiro atoms. The molecule has 2 rings (SSSR count). The maximum absolute atomic E-state index is 5.35. The van der Waals surface area contributed by atoms with Gasteiger partial charge in [-0.2, -0.15) is 0 Å². The molecule has 2 fully saturated rings. The number of nitrogens with one attached hydrogen (secondary N) is 1. The van der Waals surface area contributed by atoms with Gasteiger partial charge in [-0.1, -0.05) is 0 Å². The monoisotopic (exact) mass is 179 g/mol. The largest absolute Gasteiger partial charge is 0.349 e. The lowest BCUT2D eigenvalue weighted by Crippen LogP contribution is -2.35. The second-order valence-electron chi connectivity index (χ2n) is 2.81. The molecule has 0 aliphatic carbocycles. The zero-order valence-corrected chi connectivity index (χ0v) is 7.23. The van der Waals surface area contributed by atoms with Crippen molar-refractivity contribution in [1.29, 1.82) is 0 Å². The summed E-state index contributed by atoms with van der Waals surface area (Å²) in [5.41, 5.74) is 0. The first-order chi connectivity index (χ1) is 4.97. The highest BCUT2D eigenvalue weighted by Crippen LogP contribution is 2.16. The molecule has 0 aromatic carbocycles. The third-order valence-electron chi connectivity index (χ3n) is 2.07. The van der Waals surface area contributed by atoms with Crippen molar-refractivity contribution in [3.05, 3.63) is 0 Å². The van der Waals surface area contributed by atoms with Gasteiger partial charge in [0.05, 0.1) is 19.3 Å². The summed E-state index contributed by atoms with van der Waals surface area (Å²) in [5, 5.41) is 3.35. The Morgan fingerprint density at radius 1 is 1.18 bits per heavy atom. The fraction of sp³-hybridized carbons (Fsp3) is 1.00. The van der Waals surface area contributed by atoms with E-state index in [0.717, 1.165) is 19.8 Å². The Morgan fingerprint density at radius 2 is 1.91 bits per heavy atom. The lowest BCUT2D eigenvalue weighted by molar-refractivity contribution is -0.0631. The molecule has 0 saturated carbocycles. The topological polar surface area (TPSA) is 30.5 Å². The zero-order chi connectivity index (χ0) is 6.81. The normalized spacial score (nSPS) is 32.2. The average molecular weight is 180 g/mol. The van der Waals surface area contributed by atoms with Crippen molar-refractivity contribution in [3.63, 3.8) is 0 Å². The van der Waals surface area contributed by atoms with Crippen LogP contribution in [0, 0.1) is 0 Å². The highest BCUT2D eigenvalue weighted by molar-refractivity contribution is 5.85. The summed E-state index contributed by atoms with van der Waals surface area (Å²) in [6.07, 6.45) is 2.50. The predicted molar refractivity (Wildman–Crippen MR) is 44.0 cm³/mol.